The average molecular weight is 284 g/mol. The van der Waals surface area contributed by atoms with Crippen molar-refractivity contribution in [2.24, 2.45) is 11.7 Å². The van der Waals surface area contributed by atoms with E-state index >= 15 is 0 Å². The van der Waals surface area contributed by atoms with E-state index in [4.69, 9.17) is 5.73 Å². The molecule has 0 radical (unpaired) electrons. The van der Waals surface area contributed by atoms with E-state index in [0.717, 1.165) is 11.1 Å². The molecular weight excluding hydrogens is 264 g/mol. The lowest BCUT2D eigenvalue weighted by molar-refractivity contribution is -0.125. The van der Waals surface area contributed by atoms with Gasteiger partial charge >= 0.3 is 0 Å². The molecule has 2 unspecified atom stereocenters. The number of carbonyl (C=O) groups excluding carboxylic acids is 1. The summed E-state index contributed by atoms with van der Waals surface area (Å²) in [4.78, 5) is 12.2. The summed E-state index contributed by atoms with van der Waals surface area (Å²) in [5, 5.41) is 12.1. The minimum absolute atomic E-state index is 0.0839. The van der Waals surface area contributed by atoms with Crippen molar-refractivity contribution in [1.82, 2.24) is 5.32 Å². The molecule has 0 heterocycles. The van der Waals surface area contributed by atoms with Gasteiger partial charge in [0.25, 0.3) is 0 Å². The summed E-state index contributed by atoms with van der Waals surface area (Å²) >= 11 is 0. The molecule has 2 aromatic rings. The van der Waals surface area contributed by atoms with Gasteiger partial charge < -0.3 is 16.2 Å². The number of phenols is 1. The van der Waals surface area contributed by atoms with Gasteiger partial charge in [-0.3, -0.25) is 4.79 Å². The SMILES string of the molecule is CC(C(=O)NCc1ccc(O)cc1)C(N)c1ccccc1. The van der Waals surface area contributed by atoms with Gasteiger partial charge in [-0.25, -0.2) is 0 Å². The summed E-state index contributed by atoms with van der Waals surface area (Å²) in [6.45, 7) is 2.24. The first-order valence-electron chi connectivity index (χ1n) is 6.94. The number of nitrogens with one attached hydrogen (secondary N) is 1. The third-order valence-electron chi connectivity index (χ3n) is 3.54. The Morgan fingerprint density at radius 1 is 1.14 bits per heavy atom. The Bertz CT molecular complexity index is 581. The Labute approximate surface area is 124 Å². The number of hydrogen-bond donors (Lipinski definition) is 3. The number of amides is 1. The van der Waals surface area contributed by atoms with Crippen LogP contribution in [0.1, 0.15) is 24.1 Å². The second-order valence-corrected chi connectivity index (χ2v) is 5.11. The van der Waals surface area contributed by atoms with Crippen LogP contribution in [0.3, 0.4) is 0 Å². The van der Waals surface area contributed by atoms with Gasteiger partial charge in [0.1, 0.15) is 5.75 Å². The zero-order valence-electron chi connectivity index (χ0n) is 12.0. The molecular formula is C17H20N2O2. The molecule has 2 aromatic carbocycles. The average Bonchev–Trinajstić information content (AvgIpc) is 2.53. The Kier molecular flexibility index (Phi) is 4.95. The molecule has 1 amide bonds. The van der Waals surface area contributed by atoms with E-state index in [1.807, 2.05) is 37.3 Å². The quantitative estimate of drug-likeness (QED) is 0.789. The summed E-state index contributed by atoms with van der Waals surface area (Å²) in [5.41, 5.74) is 8.02. The summed E-state index contributed by atoms with van der Waals surface area (Å²) < 4.78 is 0. The van der Waals surface area contributed by atoms with Crippen LogP contribution in [0.2, 0.25) is 0 Å². The molecule has 0 aliphatic carbocycles. The smallest absolute Gasteiger partial charge is 0.225 e. The van der Waals surface area contributed by atoms with Crippen molar-refractivity contribution >= 4 is 5.91 Å². The van der Waals surface area contributed by atoms with E-state index in [0.29, 0.717) is 6.54 Å². The van der Waals surface area contributed by atoms with Gasteiger partial charge in [-0.15, -0.1) is 0 Å². The Morgan fingerprint density at radius 3 is 2.38 bits per heavy atom. The molecule has 110 valence electrons. The van der Waals surface area contributed by atoms with Crippen LogP contribution in [-0.2, 0) is 11.3 Å². The number of rotatable bonds is 5. The van der Waals surface area contributed by atoms with Crippen molar-refractivity contribution in [2.75, 3.05) is 0 Å². The molecule has 2 rings (SSSR count). The first-order chi connectivity index (χ1) is 10.1. The maximum absolute atomic E-state index is 12.2. The first-order valence-corrected chi connectivity index (χ1v) is 6.94. The van der Waals surface area contributed by atoms with Gasteiger partial charge in [-0.2, -0.15) is 0 Å². The predicted molar refractivity (Wildman–Crippen MR) is 82.5 cm³/mol. The van der Waals surface area contributed by atoms with Crippen molar-refractivity contribution in [3.8, 4) is 5.75 Å². The second kappa shape index (κ2) is 6.90. The van der Waals surface area contributed by atoms with Crippen LogP contribution in [0.25, 0.3) is 0 Å². The Morgan fingerprint density at radius 2 is 1.76 bits per heavy atom. The van der Waals surface area contributed by atoms with E-state index in [-0.39, 0.29) is 23.6 Å². The van der Waals surface area contributed by atoms with E-state index in [1.165, 1.54) is 0 Å². The van der Waals surface area contributed by atoms with Crippen LogP contribution >= 0.6 is 0 Å². The molecule has 2 atom stereocenters. The fraction of sp³-hybridized carbons (Fsp3) is 0.235. The molecule has 4 nitrogen and oxygen atoms in total. The van der Waals surface area contributed by atoms with Crippen LogP contribution in [-0.4, -0.2) is 11.0 Å². The highest BCUT2D eigenvalue weighted by atomic mass is 16.3. The highest BCUT2D eigenvalue weighted by Crippen LogP contribution is 2.19. The van der Waals surface area contributed by atoms with E-state index in [9.17, 15) is 9.90 Å². The van der Waals surface area contributed by atoms with Gasteiger partial charge in [0.05, 0.1) is 5.92 Å². The van der Waals surface area contributed by atoms with Crippen molar-refractivity contribution in [1.29, 1.82) is 0 Å². The molecule has 4 N–H and O–H groups in total. The molecule has 0 aliphatic rings. The number of benzene rings is 2. The maximum Gasteiger partial charge on any atom is 0.225 e. The van der Waals surface area contributed by atoms with Gasteiger partial charge in [-0.1, -0.05) is 49.4 Å². The fourth-order valence-corrected chi connectivity index (χ4v) is 2.09. The Balaban J connectivity index is 1.92. The molecule has 0 saturated heterocycles. The highest BCUT2D eigenvalue weighted by Gasteiger charge is 2.21. The molecule has 4 heteroatoms. The lowest BCUT2D eigenvalue weighted by Gasteiger charge is -2.19. The lowest BCUT2D eigenvalue weighted by Crippen LogP contribution is -2.35. The van der Waals surface area contributed by atoms with Crippen LogP contribution in [0.4, 0.5) is 0 Å². The summed E-state index contributed by atoms with van der Waals surface area (Å²) in [7, 11) is 0. The van der Waals surface area contributed by atoms with Crippen molar-refractivity contribution in [3.63, 3.8) is 0 Å². The second-order valence-electron chi connectivity index (χ2n) is 5.11. The summed E-state index contributed by atoms with van der Waals surface area (Å²) in [6.07, 6.45) is 0. The van der Waals surface area contributed by atoms with Gasteiger partial charge in [0.2, 0.25) is 5.91 Å². The third-order valence-corrected chi connectivity index (χ3v) is 3.54. The van der Waals surface area contributed by atoms with Crippen LogP contribution in [0.15, 0.2) is 54.6 Å². The minimum Gasteiger partial charge on any atom is -0.508 e. The van der Waals surface area contributed by atoms with Crippen LogP contribution in [0.5, 0.6) is 5.75 Å². The van der Waals surface area contributed by atoms with E-state index in [2.05, 4.69) is 5.32 Å². The monoisotopic (exact) mass is 284 g/mol. The number of carbonyl (C=O) groups is 1. The fourth-order valence-electron chi connectivity index (χ4n) is 2.09. The largest absolute Gasteiger partial charge is 0.508 e. The third kappa shape index (κ3) is 4.07. The van der Waals surface area contributed by atoms with Crippen LogP contribution < -0.4 is 11.1 Å². The zero-order chi connectivity index (χ0) is 15.2. The highest BCUT2D eigenvalue weighted by molar-refractivity contribution is 5.79. The molecule has 0 saturated carbocycles. The molecule has 21 heavy (non-hydrogen) atoms. The lowest BCUT2D eigenvalue weighted by atomic mass is 9.94. The van der Waals surface area contributed by atoms with E-state index in [1.54, 1.807) is 24.3 Å². The molecule has 0 spiro atoms. The van der Waals surface area contributed by atoms with Gasteiger partial charge in [0, 0.05) is 12.6 Å². The first kappa shape index (κ1) is 15.1. The molecule has 0 bridgehead atoms. The minimum atomic E-state index is -0.328. The predicted octanol–water partition coefficient (Wildman–Crippen LogP) is 2.34. The zero-order valence-corrected chi connectivity index (χ0v) is 12.0. The number of aromatic hydroxyl groups is 1. The van der Waals surface area contributed by atoms with E-state index < -0.39 is 0 Å². The number of hydrogen-bond acceptors (Lipinski definition) is 3. The van der Waals surface area contributed by atoms with Crippen molar-refractivity contribution in [3.05, 3.63) is 65.7 Å². The van der Waals surface area contributed by atoms with Crippen LogP contribution in [0, 0.1) is 5.92 Å². The maximum atomic E-state index is 12.2. The van der Waals surface area contributed by atoms with Gasteiger partial charge in [-0.05, 0) is 23.3 Å². The van der Waals surface area contributed by atoms with Crippen molar-refractivity contribution in [2.45, 2.75) is 19.5 Å². The Hall–Kier alpha value is -2.33. The number of nitrogens with two attached hydrogens (primary N) is 1. The number of phenolic OH excluding ortho intramolecular Hbond substituents is 1. The van der Waals surface area contributed by atoms with Gasteiger partial charge in [0.15, 0.2) is 0 Å². The molecule has 0 fully saturated rings. The normalized spacial score (nSPS) is 13.4. The molecule has 0 aromatic heterocycles. The molecule has 0 aliphatic heterocycles. The summed E-state index contributed by atoms with van der Waals surface area (Å²) in [6, 6.07) is 16.0. The van der Waals surface area contributed by atoms with Crippen molar-refractivity contribution < 1.29 is 9.90 Å². The summed E-state index contributed by atoms with van der Waals surface area (Å²) in [5.74, 6) is -0.187. The standard InChI is InChI=1S/C17H20N2O2/c1-12(16(18)14-5-3-2-4-6-14)17(21)19-11-13-7-9-15(20)10-8-13/h2-10,12,16,20H,11,18H2,1H3,(H,19,21). The topological polar surface area (TPSA) is 75.3 Å².